The van der Waals surface area contributed by atoms with Crippen LogP contribution in [0.2, 0.25) is 0 Å². The molecule has 0 heterocycles. The van der Waals surface area contributed by atoms with E-state index in [1.165, 1.54) is 0 Å². The van der Waals surface area contributed by atoms with Crippen LogP contribution in [0.5, 0.6) is 0 Å². The maximum atomic E-state index is 11.7. The number of para-hydroxylation sites is 1. The lowest BCUT2D eigenvalue weighted by atomic mass is 10.0. The normalized spacial score (nSPS) is 16.7. The van der Waals surface area contributed by atoms with Crippen LogP contribution in [0, 0.1) is 0 Å². The van der Waals surface area contributed by atoms with E-state index < -0.39 is 17.4 Å². The van der Waals surface area contributed by atoms with E-state index in [1.807, 2.05) is 6.07 Å². The zero-order chi connectivity index (χ0) is 14.6. The third-order valence-corrected chi connectivity index (χ3v) is 4.13. The summed E-state index contributed by atoms with van der Waals surface area (Å²) in [6.45, 7) is 0.120. The van der Waals surface area contributed by atoms with Gasteiger partial charge in [-0.2, -0.15) is 0 Å². The predicted octanol–water partition coefficient (Wildman–Crippen LogP) is 1.81. The van der Waals surface area contributed by atoms with Crippen LogP contribution < -0.4 is 10.6 Å². The molecule has 2 amide bonds. The third kappa shape index (κ3) is 3.80. The van der Waals surface area contributed by atoms with E-state index in [4.69, 9.17) is 0 Å². The lowest BCUT2D eigenvalue weighted by Crippen LogP contribution is -2.44. The molecule has 1 aliphatic rings. The number of rotatable bonds is 3. The van der Waals surface area contributed by atoms with E-state index in [-0.39, 0.29) is 6.54 Å². The summed E-state index contributed by atoms with van der Waals surface area (Å²) in [5.41, 5.74) is -0.323. The van der Waals surface area contributed by atoms with Gasteiger partial charge in [0.25, 0.3) is 0 Å². The number of aliphatic hydroxyl groups is 1. The molecular weight excluding hydrogens is 324 g/mol. The average Bonchev–Trinajstić information content (AvgIpc) is 2.86. The smallest absolute Gasteiger partial charge is 0.313 e. The zero-order valence-electron chi connectivity index (χ0n) is 11.0. The highest BCUT2D eigenvalue weighted by Gasteiger charge is 2.32. The minimum Gasteiger partial charge on any atom is -0.388 e. The SMILES string of the molecule is O=C(NCC1(O)CCCC1)C(=O)Nc1ccccc1Br. The number of carbonyl (C=O) groups is 2. The molecule has 1 aromatic rings. The summed E-state index contributed by atoms with van der Waals surface area (Å²) in [5.74, 6) is -1.47. The molecule has 1 saturated carbocycles. The van der Waals surface area contributed by atoms with Crippen molar-refractivity contribution >= 4 is 33.4 Å². The van der Waals surface area contributed by atoms with Crippen LogP contribution >= 0.6 is 15.9 Å². The number of nitrogens with one attached hydrogen (secondary N) is 2. The third-order valence-electron chi connectivity index (χ3n) is 3.44. The van der Waals surface area contributed by atoms with Gasteiger partial charge in [0.2, 0.25) is 0 Å². The van der Waals surface area contributed by atoms with E-state index >= 15 is 0 Å². The van der Waals surface area contributed by atoms with Crippen molar-refractivity contribution in [3.63, 3.8) is 0 Å². The molecule has 3 N–H and O–H groups in total. The molecule has 20 heavy (non-hydrogen) atoms. The molecule has 0 radical (unpaired) electrons. The fraction of sp³-hybridized carbons (Fsp3) is 0.429. The van der Waals surface area contributed by atoms with Crippen molar-refractivity contribution in [1.82, 2.24) is 5.32 Å². The lowest BCUT2D eigenvalue weighted by Gasteiger charge is -2.22. The highest BCUT2D eigenvalue weighted by molar-refractivity contribution is 9.10. The van der Waals surface area contributed by atoms with Gasteiger partial charge in [-0.25, -0.2) is 0 Å². The molecule has 0 spiro atoms. The highest BCUT2D eigenvalue weighted by Crippen LogP contribution is 2.28. The summed E-state index contributed by atoms with van der Waals surface area (Å²) in [4.78, 5) is 23.5. The second-order valence-corrected chi connectivity index (χ2v) is 5.90. The fourth-order valence-electron chi connectivity index (χ4n) is 2.28. The van der Waals surface area contributed by atoms with Crippen LogP contribution in [0.4, 0.5) is 5.69 Å². The van der Waals surface area contributed by atoms with Crippen molar-refractivity contribution in [3.8, 4) is 0 Å². The first kappa shape index (κ1) is 15.0. The van der Waals surface area contributed by atoms with E-state index in [0.717, 1.165) is 12.8 Å². The second-order valence-electron chi connectivity index (χ2n) is 5.05. The number of anilines is 1. The maximum absolute atomic E-state index is 11.7. The number of hydrogen-bond donors (Lipinski definition) is 3. The molecule has 6 heteroatoms. The van der Waals surface area contributed by atoms with Crippen molar-refractivity contribution in [2.24, 2.45) is 0 Å². The molecule has 1 aromatic carbocycles. The van der Waals surface area contributed by atoms with Gasteiger partial charge in [-0.3, -0.25) is 9.59 Å². The summed E-state index contributed by atoms with van der Waals surface area (Å²) < 4.78 is 0.704. The van der Waals surface area contributed by atoms with Crippen LogP contribution in [0.3, 0.4) is 0 Å². The van der Waals surface area contributed by atoms with Crippen LogP contribution in [0.1, 0.15) is 25.7 Å². The molecule has 0 bridgehead atoms. The standard InChI is InChI=1S/C14H17BrN2O3/c15-10-5-1-2-6-11(10)17-13(19)12(18)16-9-14(20)7-3-4-8-14/h1-2,5-6,20H,3-4,7-9H2,(H,16,18)(H,17,19). The summed E-state index contributed by atoms with van der Waals surface area (Å²) in [5, 5.41) is 15.1. The predicted molar refractivity (Wildman–Crippen MR) is 79.2 cm³/mol. The van der Waals surface area contributed by atoms with Gasteiger partial charge in [0, 0.05) is 11.0 Å². The molecule has 0 atom stereocenters. The van der Waals surface area contributed by atoms with Gasteiger partial charge < -0.3 is 15.7 Å². The quantitative estimate of drug-likeness (QED) is 0.734. The fourth-order valence-corrected chi connectivity index (χ4v) is 2.66. The number of halogens is 1. The molecular formula is C14H17BrN2O3. The van der Waals surface area contributed by atoms with Gasteiger partial charge in [0.05, 0.1) is 11.3 Å². The van der Waals surface area contributed by atoms with Crippen LogP contribution in [0.15, 0.2) is 28.7 Å². The number of hydrogen-bond acceptors (Lipinski definition) is 3. The monoisotopic (exact) mass is 340 g/mol. The Morgan fingerprint density at radius 2 is 1.85 bits per heavy atom. The van der Waals surface area contributed by atoms with Crippen molar-refractivity contribution in [2.75, 3.05) is 11.9 Å². The summed E-state index contributed by atoms with van der Waals surface area (Å²) in [7, 11) is 0. The van der Waals surface area contributed by atoms with E-state index in [0.29, 0.717) is 23.0 Å². The van der Waals surface area contributed by atoms with Crippen LogP contribution in [-0.4, -0.2) is 29.1 Å². The zero-order valence-corrected chi connectivity index (χ0v) is 12.6. The van der Waals surface area contributed by atoms with Gasteiger partial charge >= 0.3 is 11.8 Å². The van der Waals surface area contributed by atoms with Crippen molar-refractivity contribution < 1.29 is 14.7 Å². The van der Waals surface area contributed by atoms with Crippen molar-refractivity contribution in [3.05, 3.63) is 28.7 Å². The Labute approximate surface area is 125 Å². The van der Waals surface area contributed by atoms with Gasteiger partial charge in [0.15, 0.2) is 0 Å². The summed E-state index contributed by atoms with van der Waals surface area (Å²) >= 11 is 3.29. The summed E-state index contributed by atoms with van der Waals surface area (Å²) in [6, 6.07) is 7.05. The largest absolute Gasteiger partial charge is 0.388 e. The Morgan fingerprint density at radius 3 is 2.50 bits per heavy atom. The van der Waals surface area contributed by atoms with Crippen molar-refractivity contribution in [1.29, 1.82) is 0 Å². The topological polar surface area (TPSA) is 78.4 Å². The first-order valence-electron chi connectivity index (χ1n) is 6.56. The first-order chi connectivity index (χ1) is 9.50. The Bertz CT molecular complexity index is 513. The van der Waals surface area contributed by atoms with Crippen LogP contribution in [0.25, 0.3) is 0 Å². The Balaban J connectivity index is 1.86. The van der Waals surface area contributed by atoms with Gasteiger partial charge in [-0.15, -0.1) is 0 Å². The minimum atomic E-state index is -0.858. The van der Waals surface area contributed by atoms with E-state index in [9.17, 15) is 14.7 Å². The Morgan fingerprint density at radius 1 is 1.20 bits per heavy atom. The molecule has 0 saturated heterocycles. The van der Waals surface area contributed by atoms with Gasteiger partial charge in [-0.1, -0.05) is 25.0 Å². The van der Waals surface area contributed by atoms with E-state index in [2.05, 4.69) is 26.6 Å². The van der Waals surface area contributed by atoms with Gasteiger partial charge in [-0.05, 0) is 40.9 Å². The number of benzene rings is 1. The molecule has 0 unspecified atom stereocenters. The molecule has 108 valence electrons. The average molecular weight is 341 g/mol. The van der Waals surface area contributed by atoms with E-state index in [1.54, 1.807) is 18.2 Å². The molecule has 0 aromatic heterocycles. The molecule has 5 nitrogen and oxygen atoms in total. The number of amides is 2. The maximum Gasteiger partial charge on any atom is 0.313 e. The number of carbonyl (C=O) groups excluding carboxylic acids is 2. The summed E-state index contributed by atoms with van der Waals surface area (Å²) in [6.07, 6.45) is 3.24. The van der Waals surface area contributed by atoms with Crippen LogP contribution in [-0.2, 0) is 9.59 Å². The molecule has 1 fully saturated rings. The highest BCUT2D eigenvalue weighted by atomic mass is 79.9. The Hall–Kier alpha value is -1.40. The molecule has 2 rings (SSSR count). The Kier molecular flexibility index (Phi) is 4.77. The second kappa shape index (κ2) is 6.37. The van der Waals surface area contributed by atoms with Crippen molar-refractivity contribution in [2.45, 2.75) is 31.3 Å². The minimum absolute atomic E-state index is 0.120. The lowest BCUT2D eigenvalue weighted by molar-refractivity contribution is -0.136. The first-order valence-corrected chi connectivity index (χ1v) is 7.36. The van der Waals surface area contributed by atoms with Gasteiger partial charge in [0.1, 0.15) is 0 Å². The molecule has 0 aliphatic heterocycles. The molecule has 1 aliphatic carbocycles.